The van der Waals surface area contributed by atoms with Gasteiger partial charge in [0.15, 0.2) is 0 Å². The molecule has 1 N–H and O–H groups in total. The second kappa shape index (κ2) is 7.79. The normalized spacial score (nSPS) is 28.9. The first-order valence-electron chi connectivity index (χ1n) is 12.1. The molecule has 2 aromatic carbocycles. The number of phenols is 1. The van der Waals surface area contributed by atoms with Crippen molar-refractivity contribution in [1.82, 2.24) is 0 Å². The van der Waals surface area contributed by atoms with Crippen molar-refractivity contribution < 1.29 is 14.6 Å². The lowest BCUT2D eigenvalue weighted by Gasteiger charge is -2.57. The molecular weight excluding hydrogens is 396 g/mol. The minimum absolute atomic E-state index is 0.0111. The van der Waals surface area contributed by atoms with Crippen LogP contribution in [0, 0.1) is 17.8 Å². The van der Waals surface area contributed by atoms with Crippen LogP contribution in [0.3, 0.4) is 0 Å². The Morgan fingerprint density at radius 3 is 2.12 bits per heavy atom. The Kier molecular flexibility index (Phi) is 5.19. The maximum Gasteiger partial charge on any atom is 0.331 e. The molecule has 3 heteroatoms. The fraction of sp³-hybridized carbons (Fsp3) is 0.483. The van der Waals surface area contributed by atoms with Crippen LogP contribution in [0.15, 0.2) is 48.5 Å². The van der Waals surface area contributed by atoms with Gasteiger partial charge >= 0.3 is 5.97 Å². The van der Waals surface area contributed by atoms with Gasteiger partial charge in [0.25, 0.3) is 0 Å². The topological polar surface area (TPSA) is 46.5 Å². The Hall–Kier alpha value is -2.55. The Labute approximate surface area is 191 Å². The maximum absolute atomic E-state index is 12.4. The van der Waals surface area contributed by atoms with Crippen molar-refractivity contribution in [1.29, 1.82) is 0 Å². The fourth-order valence-electron chi connectivity index (χ4n) is 7.06. The van der Waals surface area contributed by atoms with Crippen LogP contribution in [-0.4, -0.2) is 16.7 Å². The van der Waals surface area contributed by atoms with Crippen LogP contribution in [0.1, 0.15) is 70.4 Å². The summed E-state index contributed by atoms with van der Waals surface area (Å²) >= 11 is 0. The first kappa shape index (κ1) is 21.3. The Morgan fingerprint density at radius 1 is 0.969 bits per heavy atom. The summed E-state index contributed by atoms with van der Waals surface area (Å²) in [5.74, 6) is 2.35. The highest BCUT2D eigenvalue weighted by molar-refractivity contribution is 5.88. The summed E-state index contributed by atoms with van der Waals surface area (Å²) in [6.45, 7) is 5.63. The zero-order chi connectivity index (χ0) is 22.5. The van der Waals surface area contributed by atoms with Crippen molar-refractivity contribution in [3.63, 3.8) is 0 Å². The molecule has 0 unspecified atom stereocenters. The Bertz CT molecular complexity index is 1010. The van der Waals surface area contributed by atoms with Gasteiger partial charge in [0.1, 0.15) is 11.4 Å². The summed E-state index contributed by atoms with van der Waals surface area (Å²) < 4.78 is 5.48. The first-order valence-corrected chi connectivity index (χ1v) is 12.1. The largest absolute Gasteiger partial charge is 0.507 e. The van der Waals surface area contributed by atoms with Crippen molar-refractivity contribution in [2.24, 2.45) is 17.8 Å². The van der Waals surface area contributed by atoms with Gasteiger partial charge in [-0.3, -0.25) is 0 Å². The molecule has 0 aromatic heterocycles. The van der Waals surface area contributed by atoms with Crippen LogP contribution in [0.5, 0.6) is 5.75 Å². The van der Waals surface area contributed by atoms with E-state index >= 15 is 0 Å². The van der Waals surface area contributed by atoms with E-state index in [1.54, 1.807) is 0 Å². The molecule has 0 spiro atoms. The van der Waals surface area contributed by atoms with E-state index in [2.05, 4.69) is 18.2 Å². The van der Waals surface area contributed by atoms with E-state index in [1.807, 2.05) is 51.1 Å². The molecule has 0 atom stereocenters. The van der Waals surface area contributed by atoms with E-state index < -0.39 is 5.60 Å². The zero-order valence-corrected chi connectivity index (χ0v) is 19.4. The summed E-state index contributed by atoms with van der Waals surface area (Å²) in [5, 5.41) is 11.7. The van der Waals surface area contributed by atoms with Gasteiger partial charge in [-0.15, -0.1) is 0 Å². The molecule has 3 nitrogen and oxygen atoms in total. The van der Waals surface area contributed by atoms with Crippen molar-refractivity contribution in [2.45, 2.75) is 70.3 Å². The monoisotopic (exact) mass is 430 g/mol. The van der Waals surface area contributed by atoms with Crippen LogP contribution in [0.2, 0.25) is 0 Å². The average Bonchev–Trinajstić information content (AvgIpc) is 2.70. The maximum atomic E-state index is 12.4. The molecule has 0 amide bonds. The summed E-state index contributed by atoms with van der Waals surface area (Å²) in [7, 11) is 0. The average molecular weight is 431 g/mol. The number of carbonyl (C=O) groups is 1. The van der Waals surface area contributed by atoms with Crippen LogP contribution < -0.4 is 0 Å². The number of benzene rings is 2. The van der Waals surface area contributed by atoms with Crippen LogP contribution in [0.4, 0.5) is 0 Å². The van der Waals surface area contributed by atoms with Gasteiger partial charge in [0.05, 0.1) is 0 Å². The Morgan fingerprint density at radius 2 is 1.56 bits per heavy atom. The number of rotatable bonds is 4. The van der Waals surface area contributed by atoms with Crippen LogP contribution >= 0.6 is 0 Å². The predicted octanol–water partition coefficient (Wildman–Crippen LogP) is 6.88. The highest BCUT2D eigenvalue weighted by Gasteiger charge is 2.53. The summed E-state index contributed by atoms with van der Waals surface area (Å²) in [4.78, 5) is 12.4. The molecule has 0 radical (unpaired) electrons. The molecule has 0 aliphatic heterocycles. The lowest BCUT2D eigenvalue weighted by Crippen LogP contribution is -2.48. The molecule has 0 saturated heterocycles. The molecule has 0 heterocycles. The minimum atomic E-state index is -0.524. The number of carbonyl (C=O) groups excluding carboxylic acids is 1. The van der Waals surface area contributed by atoms with Crippen molar-refractivity contribution >= 4 is 12.0 Å². The molecule has 4 aliphatic rings. The van der Waals surface area contributed by atoms with E-state index in [-0.39, 0.29) is 11.4 Å². The third-order valence-electron chi connectivity index (χ3n) is 7.67. The van der Waals surface area contributed by atoms with E-state index in [1.165, 1.54) is 25.3 Å². The lowest BCUT2D eigenvalue weighted by atomic mass is 9.47. The molecule has 6 rings (SSSR count). The summed E-state index contributed by atoms with van der Waals surface area (Å²) in [6.07, 6.45) is 10.9. The lowest BCUT2D eigenvalue weighted by molar-refractivity contribution is -0.148. The first-order chi connectivity index (χ1) is 15.2. The molecule has 4 aliphatic carbocycles. The molecule has 32 heavy (non-hydrogen) atoms. The van der Waals surface area contributed by atoms with Gasteiger partial charge in [0.2, 0.25) is 0 Å². The highest BCUT2D eigenvalue weighted by atomic mass is 16.6. The minimum Gasteiger partial charge on any atom is -0.507 e. The Balaban J connectivity index is 1.60. The van der Waals surface area contributed by atoms with Gasteiger partial charge in [-0.2, -0.15) is 0 Å². The van der Waals surface area contributed by atoms with Crippen molar-refractivity contribution in [3.8, 4) is 16.9 Å². The number of aromatic hydroxyl groups is 1. The number of hydrogen-bond donors (Lipinski definition) is 1. The molecule has 168 valence electrons. The number of ether oxygens (including phenoxy) is 1. The number of phenolic OH excluding ortho intramolecular Hbond substituents is 1. The molecular formula is C29H34O3. The molecule has 4 fully saturated rings. The van der Waals surface area contributed by atoms with Gasteiger partial charge in [-0.25, -0.2) is 4.79 Å². The summed E-state index contributed by atoms with van der Waals surface area (Å²) in [6, 6.07) is 14.2. The summed E-state index contributed by atoms with van der Waals surface area (Å²) in [5.41, 5.74) is 3.40. The van der Waals surface area contributed by atoms with E-state index in [9.17, 15) is 9.90 Å². The number of hydrogen-bond acceptors (Lipinski definition) is 3. The second-order valence-electron chi connectivity index (χ2n) is 11.4. The van der Waals surface area contributed by atoms with Crippen molar-refractivity contribution in [3.05, 3.63) is 59.7 Å². The van der Waals surface area contributed by atoms with Gasteiger partial charge < -0.3 is 9.84 Å². The van der Waals surface area contributed by atoms with E-state index in [4.69, 9.17) is 4.74 Å². The molecule has 4 bridgehead atoms. The third kappa shape index (κ3) is 3.98. The molecule has 4 saturated carbocycles. The zero-order valence-electron chi connectivity index (χ0n) is 19.4. The second-order valence-corrected chi connectivity index (χ2v) is 11.4. The van der Waals surface area contributed by atoms with Gasteiger partial charge in [-0.05, 0) is 94.3 Å². The van der Waals surface area contributed by atoms with Gasteiger partial charge in [0, 0.05) is 22.6 Å². The van der Waals surface area contributed by atoms with Crippen LogP contribution in [-0.2, 0) is 14.9 Å². The third-order valence-corrected chi connectivity index (χ3v) is 7.67. The van der Waals surface area contributed by atoms with E-state index in [0.717, 1.165) is 59.3 Å². The van der Waals surface area contributed by atoms with E-state index in [0.29, 0.717) is 5.75 Å². The SMILES string of the molecule is CC(C)(C)OC(=O)/C=C/c1ccc(-c2ccccc2)c(O)c1C12CC3CC(CC(C3)C1)C2. The van der Waals surface area contributed by atoms with Gasteiger partial charge in [-0.1, -0.05) is 42.5 Å². The quantitative estimate of drug-likeness (QED) is 0.425. The fourth-order valence-corrected chi connectivity index (χ4v) is 7.06. The standard InChI is InChI=1S/C29H34O3/c1-28(2,3)32-25(30)12-10-23-9-11-24(22-7-5-4-6-8-22)27(31)26(23)29-16-19-13-20(17-29)15-21(14-19)18-29/h4-12,19-21,31H,13-18H2,1-3H3/b12-10+. The van der Waals surface area contributed by atoms with Crippen LogP contribution in [0.25, 0.3) is 17.2 Å². The predicted molar refractivity (Wildman–Crippen MR) is 128 cm³/mol. The highest BCUT2D eigenvalue weighted by Crippen LogP contribution is 2.63. The number of esters is 1. The molecule has 2 aromatic rings. The smallest absolute Gasteiger partial charge is 0.331 e. The van der Waals surface area contributed by atoms with Crippen molar-refractivity contribution in [2.75, 3.05) is 0 Å².